The molecule has 0 bridgehead atoms. The van der Waals surface area contributed by atoms with E-state index in [9.17, 15) is 13.2 Å². The fourth-order valence-corrected chi connectivity index (χ4v) is 0.932. The van der Waals surface area contributed by atoms with Crippen molar-refractivity contribution in [1.29, 1.82) is 0 Å². The summed E-state index contributed by atoms with van der Waals surface area (Å²) in [4.78, 5) is 0. The molecule has 0 radical (unpaired) electrons. The number of rotatable bonds is 1. The lowest BCUT2D eigenvalue weighted by Crippen LogP contribution is -1.94. The Morgan fingerprint density at radius 2 is 1.73 bits per heavy atom. The van der Waals surface area contributed by atoms with Gasteiger partial charge in [0.15, 0.2) is 17.5 Å². The van der Waals surface area contributed by atoms with E-state index in [-0.39, 0.29) is 11.3 Å². The van der Waals surface area contributed by atoms with Crippen molar-refractivity contribution >= 4 is 12.6 Å². The molecule has 11 heavy (non-hydrogen) atoms. The Hall–Kier alpha value is -0.640. The largest absolute Gasteiger partial charge is 0.204 e. The number of hydrogen-bond acceptors (Lipinski definition) is 1. The number of benzene rings is 1. The molecule has 1 rings (SSSR count). The monoisotopic (exact) mass is 178 g/mol. The van der Waals surface area contributed by atoms with Gasteiger partial charge in [-0.3, -0.25) is 0 Å². The lowest BCUT2D eigenvalue weighted by atomic mass is 10.2. The van der Waals surface area contributed by atoms with Crippen molar-refractivity contribution < 1.29 is 13.2 Å². The predicted molar refractivity (Wildman–Crippen MR) is 39.0 cm³/mol. The second-order valence-corrected chi connectivity index (χ2v) is 2.31. The molecule has 0 saturated heterocycles. The zero-order valence-corrected chi connectivity index (χ0v) is 6.34. The summed E-state index contributed by atoms with van der Waals surface area (Å²) in [6.07, 6.45) is 0. The molecule has 1 aromatic rings. The first-order valence-electron chi connectivity index (χ1n) is 2.90. The molecular formula is C7H5F3S. The molecule has 0 amide bonds. The molecule has 0 aliphatic rings. The smallest absolute Gasteiger partial charge is 0.194 e. The standard InChI is InChI=1S/C7H5F3S/c8-5-2-1-4(3-11)6(9)7(5)10/h1-2,11H,3H2. The summed E-state index contributed by atoms with van der Waals surface area (Å²) in [5, 5.41) is 0. The topological polar surface area (TPSA) is 0 Å². The third-order valence-corrected chi connectivity index (χ3v) is 1.63. The maximum absolute atomic E-state index is 12.6. The first-order chi connectivity index (χ1) is 5.16. The normalized spacial score (nSPS) is 10.2. The van der Waals surface area contributed by atoms with Crippen LogP contribution in [-0.2, 0) is 5.75 Å². The lowest BCUT2D eigenvalue weighted by molar-refractivity contribution is 0.443. The zero-order chi connectivity index (χ0) is 8.43. The van der Waals surface area contributed by atoms with Gasteiger partial charge in [0.1, 0.15) is 0 Å². The predicted octanol–water partition coefficient (Wildman–Crippen LogP) is 2.53. The van der Waals surface area contributed by atoms with Crippen LogP contribution in [0.5, 0.6) is 0 Å². The van der Waals surface area contributed by atoms with E-state index in [0.717, 1.165) is 6.07 Å². The molecule has 0 nitrogen and oxygen atoms in total. The molecule has 0 fully saturated rings. The van der Waals surface area contributed by atoms with E-state index >= 15 is 0 Å². The van der Waals surface area contributed by atoms with Gasteiger partial charge in [-0.2, -0.15) is 12.6 Å². The van der Waals surface area contributed by atoms with Crippen molar-refractivity contribution in [1.82, 2.24) is 0 Å². The number of thiol groups is 1. The highest BCUT2D eigenvalue weighted by Gasteiger charge is 2.11. The van der Waals surface area contributed by atoms with Crippen LogP contribution in [0, 0.1) is 17.5 Å². The molecular weight excluding hydrogens is 173 g/mol. The molecule has 0 unspecified atom stereocenters. The van der Waals surface area contributed by atoms with Crippen LogP contribution >= 0.6 is 12.6 Å². The second kappa shape index (κ2) is 3.17. The van der Waals surface area contributed by atoms with E-state index < -0.39 is 17.5 Å². The van der Waals surface area contributed by atoms with Crippen LogP contribution in [0.3, 0.4) is 0 Å². The Morgan fingerprint density at radius 3 is 2.27 bits per heavy atom. The van der Waals surface area contributed by atoms with Crippen LogP contribution in [0.15, 0.2) is 12.1 Å². The van der Waals surface area contributed by atoms with Gasteiger partial charge in [0, 0.05) is 11.3 Å². The Labute approximate surface area is 67.4 Å². The third kappa shape index (κ3) is 1.50. The summed E-state index contributed by atoms with van der Waals surface area (Å²) in [6.45, 7) is 0. The van der Waals surface area contributed by atoms with Crippen LogP contribution in [0.4, 0.5) is 13.2 Å². The van der Waals surface area contributed by atoms with Gasteiger partial charge in [-0.1, -0.05) is 6.07 Å². The molecule has 0 atom stereocenters. The van der Waals surface area contributed by atoms with E-state index in [2.05, 4.69) is 12.6 Å². The first-order valence-corrected chi connectivity index (χ1v) is 3.53. The van der Waals surface area contributed by atoms with Gasteiger partial charge in [-0.15, -0.1) is 0 Å². The summed E-state index contributed by atoms with van der Waals surface area (Å²) in [5.74, 6) is -3.70. The maximum Gasteiger partial charge on any atom is 0.194 e. The highest BCUT2D eigenvalue weighted by atomic mass is 32.1. The quantitative estimate of drug-likeness (QED) is 0.495. The second-order valence-electron chi connectivity index (χ2n) is 1.99. The first kappa shape index (κ1) is 8.46. The Kier molecular flexibility index (Phi) is 2.44. The molecule has 60 valence electrons. The van der Waals surface area contributed by atoms with Crippen molar-refractivity contribution in [2.75, 3.05) is 0 Å². The summed E-state index contributed by atoms with van der Waals surface area (Å²) < 4.78 is 37.2. The summed E-state index contributed by atoms with van der Waals surface area (Å²) in [6, 6.07) is 2.05. The van der Waals surface area contributed by atoms with Gasteiger partial charge in [-0.05, 0) is 6.07 Å². The van der Waals surface area contributed by atoms with Gasteiger partial charge in [0.25, 0.3) is 0 Å². The fourth-order valence-electron chi connectivity index (χ4n) is 0.688. The molecule has 1 aromatic carbocycles. The molecule has 0 N–H and O–H groups in total. The van der Waals surface area contributed by atoms with Crippen molar-refractivity contribution in [3.63, 3.8) is 0 Å². The maximum atomic E-state index is 12.6. The Morgan fingerprint density at radius 1 is 1.09 bits per heavy atom. The van der Waals surface area contributed by atoms with Gasteiger partial charge in [0.2, 0.25) is 0 Å². The van der Waals surface area contributed by atoms with Gasteiger partial charge in [-0.25, -0.2) is 13.2 Å². The average molecular weight is 178 g/mol. The molecule has 0 aliphatic heterocycles. The van der Waals surface area contributed by atoms with Crippen molar-refractivity contribution in [2.24, 2.45) is 0 Å². The highest BCUT2D eigenvalue weighted by molar-refractivity contribution is 7.79. The van der Waals surface area contributed by atoms with Crippen LogP contribution < -0.4 is 0 Å². The zero-order valence-electron chi connectivity index (χ0n) is 5.44. The van der Waals surface area contributed by atoms with Crippen molar-refractivity contribution in [2.45, 2.75) is 5.75 Å². The minimum absolute atomic E-state index is 0.0586. The number of hydrogen-bond donors (Lipinski definition) is 1. The van der Waals surface area contributed by atoms with E-state index in [0.29, 0.717) is 0 Å². The van der Waals surface area contributed by atoms with E-state index in [1.54, 1.807) is 0 Å². The fraction of sp³-hybridized carbons (Fsp3) is 0.143. The highest BCUT2D eigenvalue weighted by Crippen LogP contribution is 2.16. The van der Waals surface area contributed by atoms with E-state index in [1.807, 2.05) is 0 Å². The summed E-state index contributed by atoms with van der Waals surface area (Å²) in [7, 11) is 0. The minimum atomic E-state index is -1.43. The third-order valence-electron chi connectivity index (χ3n) is 1.29. The van der Waals surface area contributed by atoms with Crippen molar-refractivity contribution in [3.05, 3.63) is 35.1 Å². The lowest BCUT2D eigenvalue weighted by Gasteiger charge is -1.99. The van der Waals surface area contributed by atoms with E-state index in [4.69, 9.17) is 0 Å². The van der Waals surface area contributed by atoms with Gasteiger partial charge in [0.05, 0.1) is 0 Å². The van der Waals surface area contributed by atoms with Gasteiger partial charge < -0.3 is 0 Å². The average Bonchev–Trinajstić information content (AvgIpc) is 2.01. The molecule has 0 saturated carbocycles. The Bertz CT molecular complexity index is 273. The molecule has 4 heteroatoms. The van der Waals surface area contributed by atoms with E-state index in [1.165, 1.54) is 6.07 Å². The van der Waals surface area contributed by atoms with Crippen LogP contribution in [0.1, 0.15) is 5.56 Å². The molecule has 0 spiro atoms. The molecule has 0 heterocycles. The summed E-state index contributed by atoms with van der Waals surface area (Å²) in [5.41, 5.74) is 0.0623. The van der Waals surface area contributed by atoms with Crippen LogP contribution in [-0.4, -0.2) is 0 Å². The van der Waals surface area contributed by atoms with Gasteiger partial charge >= 0.3 is 0 Å². The van der Waals surface area contributed by atoms with Crippen LogP contribution in [0.2, 0.25) is 0 Å². The SMILES string of the molecule is Fc1ccc(CS)c(F)c1F. The molecule has 0 aliphatic carbocycles. The molecule has 0 aromatic heterocycles. The summed E-state index contributed by atoms with van der Waals surface area (Å²) >= 11 is 3.73. The van der Waals surface area contributed by atoms with Crippen molar-refractivity contribution in [3.8, 4) is 0 Å². The van der Waals surface area contributed by atoms with Crippen LogP contribution in [0.25, 0.3) is 0 Å². The Balaban J connectivity index is 3.25. The minimum Gasteiger partial charge on any atom is -0.204 e. The number of halogens is 3.